The van der Waals surface area contributed by atoms with Gasteiger partial charge in [0.2, 0.25) is 0 Å². The SMILES string of the molecule is Cc1cc(C(=O)Nc2cc(Cl)cc(Cl)c2)ccc1NN. The molecule has 20 heavy (non-hydrogen) atoms. The van der Waals surface area contributed by atoms with Gasteiger partial charge in [-0.1, -0.05) is 23.2 Å². The van der Waals surface area contributed by atoms with Crippen LogP contribution in [0.3, 0.4) is 0 Å². The van der Waals surface area contributed by atoms with Gasteiger partial charge in [-0.2, -0.15) is 0 Å². The number of carbonyl (C=O) groups is 1. The van der Waals surface area contributed by atoms with E-state index in [-0.39, 0.29) is 5.91 Å². The summed E-state index contributed by atoms with van der Waals surface area (Å²) in [4.78, 5) is 12.1. The Kier molecular flexibility index (Phi) is 4.49. The van der Waals surface area contributed by atoms with Crippen LogP contribution in [0.15, 0.2) is 36.4 Å². The molecule has 0 aliphatic carbocycles. The molecule has 1 amide bonds. The normalized spacial score (nSPS) is 10.2. The molecule has 0 atom stereocenters. The predicted molar refractivity (Wildman–Crippen MR) is 83.4 cm³/mol. The van der Waals surface area contributed by atoms with Crippen molar-refractivity contribution in [2.24, 2.45) is 5.84 Å². The van der Waals surface area contributed by atoms with Crippen LogP contribution in [0, 0.1) is 6.92 Å². The Hall–Kier alpha value is -1.75. The van der Waals surface area contributed by atoms with E-state index < -0.39 is 0 Å². The summed E-state index contributed by atoms with van der Waals surface area (Å²) < 4.78 is 0. The maximum atomic E-state index is 12.1. The molecule has 0 aliphatic heterocycles. The van der Waals surface area contributed by atoms with E-state index in [0.29, 0.717) is 21.3 Å². The Balaban J connectivity index is 2.21. The van der Waals surface area contributed by atoms with E-state index in [2.05, 4.69) is 10.7 Å². The molecule has 0 unspecified atom stereocenters. The van der Waals surface area contributed by atoms with Crippen molar-refractivity contribution in [1.29, 1.82) is 0 Å². The lowest BCUT2D eigenvalue weighted by molar-refractivity contribution is 0.102. The lowest BCUT2D eigenvalue weighted by Gasteiger charge is -2.09. The zero-order valence-electron chi connectivity index (χ0n) is 10.7. The number of aryl methyl sites for hydroxylation is 1. The minimum Gasteiger partial charge on any atom is -0.324 e. The average molecular weight is 310 g/mol. The Bertz CT molecular complexity index is 639. The van der Waals surface area contributed by atoms with Gasteiger partial charge in [-0.25, -0.2) is 0 Å². The van der Waals surface area contributed by atoms with Crippen molar-refractivity contribution in [2.75, 3.05) is 10.7 Å². The summed E-state index contributed by atoms with van der Waals surface area (Å²) >= 11 is 11.8. The summed E-state index contributed by atoms with van der Waals surface area (Å²) in [5.41, 5.74) is 5.28. The van der Waals surface area contributed by atoms with Crippen molar-refractivity contribution in [3.63, 3.8) is 0 Å². The van der Waals surface area contributed by atoms with E-state index >= 15 is 0 Å². The smallest absolute Gasteiger partial charge is 0.255 e. The molecule has 2 rings (SSSR count). The van der Waals surface area contributed by atoms with Gasteiger partial charge in [-0.3, -0.25) is 10.6 Å². The number of hydrogen-bond acceptors (Lipinski definition) is 3. The van der Waals surface area contributed by atoms with Crippen LogP contribution in [0.4, 0.5) is 11.4 Å². The molecule has 0 fully saturated rings. The van der Waals surface area contributed by atoms with Gasteiger partial charge in [0, 0.05) is 21.3 Å². The Labute approximate surface area is 126 Å². The highest BCUT2D eigenvalue weighted by atomic mass is 35.5. The Morgan fingerprint density at radius 1 is 1.10 bits per heavy atom. The topological polar surface area (TPSA) is 67.2 Å². The minimum atomic E-state index is -0.241. The first-order valence-corrected chi connectivity index (χ1v) is 6.60. The molecular weight excluding hydrogens is 297 g/mol. The number of carbonyl (C=O) groups excluding carboxylic acids is 1. The molecule has 0 spiro atoms. The second kappa shape index (κ2) is 6.13. The number of hydrazine groups is 1. The standard InChI is InChI=1S/C14H13Cl2N3O/c1-8-4-9(2-3-13(8)19-17)14(20)18-12-6-10(15)5-11(16)7-12/h2-7,19H,17H2,1H3,(H,18,20). The minimum absolute atomic E-state index is 0.241. The van der Waals surface area contributed by atoms with Crippen LogP contribution in [-0.2, 0) is 0 Å². The van der Waals surface area contributed by atoms with E-state index in [4.69, 9.17) is 29.0 Å². The maximum Gasteiger partial charge on any atom is 0.255 e. The van der Waals surface area contributed by atoms with Gasteiger partial charge in [0.1, 0.15) is 0 Å². The first-order valence-electron chi connectivity index (χ1n) is 5.84. The first-order chi connectivity index (χ1) is 9.49. The molecule has 0 aromatic heterocycles. The average Bonchev–Trinajstić information content (AvgIpc) is 2.37. The number of anilines is 2. The van der Waals surface area contributed by atoms with Gasteiger partial charge in [0.05, 0.1) is 5.69 Å². The van der Waals surface area contributed by atoms with Gasteiger partial charge in [-0.15, -0.1) is 0 Å². The van der Waals surface area contributed by atoms with E-state index in [9.17, 15) is 4.79 Å². The number of nitrogen functional groups attached to an aromatic ring is 1. The molecule has 2 aromatic rings. The van der Waals surface area contributed by atoms with Gasteiger partial charge in [-0.05, 0) is 48.9 Å². The number of hydrogen-bond donors (Lipinski definition) is 3. The number of nitrogens with one attached hydrogen (secondary N) is 2. The zero-order chi connectivity index (χ0) is 14.7. The van der Waals surface area contributed by atoms with E-state index in [0.717, 1.165) is 11.3 Å². The largest absolute Gasteiger partial charge is 0.324 e. The summed E-state index contributed by atoms with van der Waals surface area (Å²) in [6.07, 6.45) is 0. The van der Waals surface area contributed by atoms with Gasteiger partial charge < -0.3 is 10.7 Å². The summed E-state index contributed by atoms with van der Waals surface area (Å²) in [7, 11) is 0. The number of benzene rings is 2. The van der Waals surface area contributed by atoms with E-state index in [1.54, 1.807) is 36.4 Å². The quantitative estimate of drug-likeness (QED) is 0.596. The second-order valence-corrected chi connectivity index (χ2v) is 5.16. The third-order valence-electron chi connectivity index (χ3n) is 2.76. The third-order valence-corrected chi connectivity index (χ3v) is 3.20. The molecule has 2 aromatic carbocycles. The van der Waals surface area contributed by atoms with Crippen molar-refractivity contribution in [2.45, 2.75) is 6.92 Å². The van der Waals surface area contributed by atoms with Crippen molar-refractivity contribution in [1.82, 2.24) is 0 Å². The molecule has 0 saturated heterocycles. The fourth-order valence-electron chi connectivity index (χ4n) is 1.80. The van der Waals surface area contributed by atoms with Crippen LogP contribution in [0.5, 0.6) is 0 Å². The molecule has 0 saturated carbocycles. The molecule has 4 N–H and O–H groups in total. The Morgan fingerprint density at radius 3 is 2.30 bits per heavy atom. The molecule has 0 bridgehead atoms. The summed E-state index contributed by atoms with van der Waals surface area (Å²) in [6.45, 7) is 1.86. The second-order valence-electron chi connectivity index (χ2n) is 4.29. The maximum absolute atomic E-state index is 12.1. The van der Waals surface area contributed by atoms with Crippen molar-refractivity contribution in [3.8, 4) is 0 Å². The number of nitrogens with two attached hydrogens (primary N) is 1. The number of rotatable bonds is 3. The van der Waals surface area contributed by atoms with Crippen LogP contribution in [0.2, 0.25) is 10.0 Å². The van der Waals surface area contributed by atoms with Crippen LogP contribution < -0.4 is 16.6 Å². The fourth-order valence-corrected chi connectivity index (χ4v) is 2.32. The zero-order valence-corrected chi connectivity index (χ0v) is 12.2. The molecule has 6 heteroatoms. The highest BCUT2D eigenvalue weighted by Gasteiger charge is 2.09. The molecule has 4 nitrogen and oxygen atoms in total. The Morgan fingerprint density at radius 2 is 1.75 bits per heavy atom. The lowest BCUT2D eigenvalue weighted by Crippen LogP contribution is -2.13. The lowest BCUT2D eigenvalue weighted by atomic mass is 10.1. The third kappa shape index (κ3) is 3.42. The van der Waals surface area contributed by atoms with E-state index in [1.165, 1.54) is 0 Å². The fraction of sp³-hybridized carbons (Fsp3) is 0.0714. The molecular formula is C14H13Cl2N3O. The monoisotopic (exact) mass is 309 g/mol. The number of amides is 1. The van der Waals surface area contributed by atoms with Crippen LogP contribution in [0.1, 0.15) is 15.9 Å². The molecule has 0 aliphatic rings. The van der Waals surface area contributed by atoms with Crippen LogP contribution >= 0.6 is 23.2 Å². The highest BCUT2D eigenvalue weighted by molar-refractivity contribution is 6.35. The van der Waals surface area contributed by atoms with Gasteiger partial charge in [0.15, 0.2) is 0 Å². The summed E-state index contributed by atoms with van der Waals surface area (Å²) in [5, 5.41) is 3.67. The summed E-state index contributed by atoms with van der Waals surface area (Å²) in [5.74, 6) is 5.11. The summed E-state index contributed by atoms with van der Waals surface area (Å²) in [6, 6.07) is 10.0. The van der Waals surface area contributed by atoms with Crippen molar-refractivity contribution < 1.29 is 4.79 Å². The van der Waals surface area contributed by atoms with Gasteiger partial charge in [0.25, 0.3) is 5.91 Å². The van der Waals surface area contributed by atoms with Crippen molar-refractivity contribution >= 4 is 40.5 Å². The van der Waals surface area contributed by atoms with Crippen LogP contribution in [0.25, 0.3) is 0 Å². The highest BCUT2D eigenvalue weighted by Crippen LogP contribution is 2.23. The first kappa shape index (κ1) is 14.7. The van der Waals surface area contributed by atoms with E-state index in [1.807, 2.05) is 6.92 Å². The van der Waals surface area contributed by atoms with Gasteiger partial charge >= 0.3 is 0 Å². The molecule has 0 radical (unpaired) electrons. The molecule has 104 valence electrons. The predicted octanol–water partition coefficient (Wildman–Crippen LogP) is 3.84. The molecule has 0 heterocycles. The number of halogens is 2. The van der Waals surface area contributed by atoms with Crippen LogP contribution in [-0.4, -0.2) is 5.91 Å². The van der Waals surface area contributed by atoms with Crippen molar-refractivity contribution in [3.05, 3.63) is 57.6 Å².